The number of rotatable bonds is 0. The normalized spacial score (nSPS) is 9.86. The van der Waals surface area contributed by atoms with Crippen LogP contribution in [0.2, 0.25) is 0 Å². The average molecular weight is 531 g/mol. The Bertz CT molecular complexity index is 707. The van der Waals surface area contributed by atoms with E-state index >= 15 is 0 Å². The van der Waals surface area contributed by atoms with Crippen molar-refractivity contribution in [2.75, 3.05) is 0 Å². The minimum atomic E-state index is 0. The summed E-state index contributed by atoms with van der Waals surface area (Å²) < 4.78 is 0. The molecule has 0 atom stereocenters. The first-order valence-electron chi connectivity index (χ1n) is 9.98. The molecule has 0 nitrogen and oxygen atoms in total. The summed E-state index contributed by atoms with van der Waals surface area (Å²) in [5, 5.41) is 0. The zero-order valence-electron chi connectivity index (χ0n) is 20.0. The Labute approximate surface area is 204 Å². The van der Waals surface area contributed by atoms with Gasteiger partial charge in [0.1, 0.15) is 0 Å². The van der Waals surface area contributed by atoms with Gasteiger partial charge in [0.2, 0.25) is 0 Å². The largest absolute Gasteiger partial charge is 3.00 e. The van der Waals surface area contributed by atoms with Crippen LogP contribution in [0.3, 0.4) is 0 Å². The topological polar surface area (TPSA) is 0 Å². The molecule has 0 aliphatic heterocycles. The summed E-state index contributed by atoms with van der Waals surface area (Å²) in [5.41, 5.74) is 17.2. The first-order chi connectivity index (χ1) is 12.4. The minimum Gasteiger partial charge on any atom is -0.199 e. The molecule has 0 heterocycles. The predicted octanol–water partition coefficient (Wildman–Crippen LogP) is 7.92. The zero-order valence-corrected chi connectivity index (χ0v) is 21.9. The van der Waals surface area contributed by atoms with E-state index in [1.54, 1.807) is 0 Å². The molecule has 0 unspecified atom stereocenters. The molecular weight excluding hydrogens is 492 g/mol. The molecule has 0 N–H and O–H groups in total. The molecule has 3 aromatic rings. The monoisotopic (exact) mass is 529 g/mol. The Morgan fingerprint density at radius 3 is 0.643 bits per heavy atom. The first-order valence-corrected chi connectivity index (χ1v) is 9.98. The van der Waals surface area contributed by atoms with Gasteiger partial charge >= 0.3 is 37.3 Å². The molecular formula is C27H39Er. The maximum absolute atomic E-state index is 2.24. The Kier molecular flexibility index (Phi) is 11.2. The quantitative estimate of drug-likeness (QED) is 0.259. The van der Waals surface area contributed by atoms with E-state index in [9.17, 15) is 0 Å². The van der Waals surface area contributed by atoms with Gasteiger partial charge in [-0.25, -0.2) is 0 Å². The summed E-state index contributed by atoms with van der Waals surface area (Å²) in [4.78, 5) is 0. The van der Waals surface area contributed by atoms with Gasteiger partial charge in [-0.3, -0.25) is 0 Å². The fourth-order valence-corrected chi connectivity index (χ4v) is 3.40. The molecule has 159 valence electrons. The molecule has 0 saturated heterocycles. The molecule has 0 aliphatic carbocycles. The summed E-state index contributed by atoms with van der Waals surface area (Å²) in [6.07, 6.45) is 0. The van der Waals surface area contributed by atoms with E-state index in [1.807, 2.05) is 0 Å². The molecule has 0 bridgehead atoms. The van der Waals surface area contributed by atoms with Crippen LogP contribution in [0, 0.1) is 120 Å². The third-order valence-corrected chi connectivity index (χ3v) is 6.54. The maximum Gasteiger partial charge on any atom is 3.00 e. The molecule has 1 heteroatoms. The van der Waals surface area contributed by atoms with Crippen molar-refractivity contribution < 1.29 is 37.3 Å². The molecule has 0 saturated carbocycles. The van der Waals surface area contributed by atoms with Gasteiger partial charge in [-0.2, -0.15) is 85.0 Å². The van der Waals surface area contributed by atoms with Crippen LogP contribution in [-0.4, -0.2) is 0 Å². The van der Waals surface area contributed by atoms with Crippen LogP contribution in [0.1, 0.15) is 66.8 Å². The van der Waals surface area contributed by atoms with Gasteiger partial charge in [-0.1, -0.05) is 83.1 Å². The second kappa shape index (κ2) is 11.5. The van der Waals surface area contributed by atoms with E-state index in [0.29, 0.717) is 0 Å². The van der Waals surface area contributed by atoms with Crippen LogP contribution in [0.25, 0.3) is 0 Å². The standard InChI is InChI=1S/3C9H13.Er/c3*1-6-5-7(2)9(4)8(6)3;/h3*5H,1-4H3;/q3*-1;+3. The van der Waals surface area contributed by atoms with Crippen LogP contribution in [-0.2, 0) is 0 Å². The van der Waals surface area contributed by atoms with Gasteiger partial charge in [-0.15, -0.1) is 0 Å². The van der Waals surface area contributed by atoms with Crippen molar-refractivity contribution in [3.63, 3.8) is 0 Å². The van der Waals surface area contributed by atoms with E-state index in [4.69, 9.17) is 0 Å². The van der Waals surface area contributed by atoms with E-state index in [-0.39, 0.29) is 37.3 Å². The number of hydrogen-bond donors (Lipinski definition) is 0. The smallest absolute Gasteiger partial charge is 0.199 e. The van der Waals surface area contributed by atoms with Crippen molar-refractivity contribution in [1.82, 2.24) is 0 Å². The summed E-state index contributed by atoms with van der Waals surface area (Å²) >= 11 is 0. The maximum atomic E-state index is 2.24. The van der Waals surface area contributed by atoms with Gasteiger partial charge in [0, 0.05) is 0 Å². The predicted molar refractivity (Wildman–Crippen MR) is 123 cm³/mol. The molecule has 3 rings (SSSR count). The molecule has 28 heavy (non-hydrogen) atoms. The van der Waals surface area contributed by atoms with Gasteiger partial charge in [-0.05, 0) is 0 Å². The van der Waals surface area contributed by atoms with Crippen molar-refractivity contribution in [2.24, 2.45) is 0 Å². The SMILES string of the molecule is Cc1c[c-](C)c(C)c1C.Cc1c[c-](C)c(C)c1C.Cc1c[c-](C)c(C)c1C.[Er+3]. The van der Waals surface area contributed by atoms with Crippen LogP contribution >= 0.6 is 0 Å². The second-order valence-corrected chi connectivity index (χ2v) is 8.28. The fraction of sp³-hybridized carbons (Fsp3) is 0.444. The van der Waals surface area contributed by atoms with Crippen molar-refractivity contribution in [3.8, 4) is 0 Å². The van der Waals surface area contributed by atoms with Crippen molar-refractivity contribution in [3.05, 3.63) is 85.0 Å². The number of hydrogen-bond acceptors (Lipinski definition) is 0. The van der Waals surface area contributed by atoms with E-state index in [0.717, 1.165) is 0 Å². The minimum absolute atomic E-state index is 0. The zero-order chi connectivity index (χ0) is 21.0. The van der Waals surface area contributed by atoms with Gasteiger partial charge < -0.3 is 0 Å². The van der Waals surface area contributed by atoms with Crippen LogP contribution in [0.5, 0.6) is 0 Å². The molecule has 1 radical (unpaired) electrons. The van der Waals surface area contributed by atoms with Crippen LogP contribution in [0.4, 0.5) is 0 Å². The fourth-order valence-electron chi connectivity index (χ4n) is 3.40. The Morgan fingerprint density at radius 2 is 0.607 bits per heavy atom. The summed E-state index contributed by atoms with van der Waals surface area (Å²) in [6, 6.07) is 6.72. The summed E-state index contributed by atoms with van der Waals surface area (Å²) in [6.45, 7) is 26.0. The van der Waals surface area contributed by atoms with Crippen molar-refractivity contribution >= 4 is 0 Å². The Morgan fingerprint density at radius 1 is 0.429 bits per heavy atom. The second-order valence-electron chi connectivity index (χ2n) is 8.28. The molecule has 0 amide bonds. The van der Waals surface area contributed by atoms with Gasteiger partial charge in [0.05, 0.1) is 0 Å². The average Bonchev–Trinajstić information content (AvgIpc) is 3.07. The third kappa shape index (κ3) is 6.68. The van der Waals surface area contributed by atoms with Crippen molar-refractivity contribution in [1.29, 1.82) is 0 Å². The number of aryl methyl sites for hydroxylation is 6. The van der Waals surface area contributed by atoms with Gasteiger partial charge in [0.15, 0.2) is 0 Å². The molecule has 0 aromatic heterocycles. The van der Waals surface area contributed by atoms with E-state index < -0.39 is 0 Å². The molecule has 0 aliphatic rings. The van der Waals surface area contributed by atoms with Gasteiger partial charge in [0.25, 0.3) is 0 Å². The third-order valence-electron chi connectivity index (χ3n) is 6.54. The first kappa shape index (κ1) is 27.3. The van der Waals surface area contributed by atoms with E-state index in [1.165, 1.54) is 66.8 Å². The molecule has 0 spiro atoms. The summed E-state index contributed by atoms with van der Waals surface area (Å²) in [5.74, 6) is 0. The van der Waals surface area contributed by atoms with E-state index in [2.05, 4.69) is 101 Å². The summed E-state index contributed by atoms with van der Waals surface area (Å²) in [7, 11) is 0. The van der Waals surface area contributed by atoms with Crippen LogP contribution in [0.15, 0.2) is 18.2 Å². The van der Waals surface area contributed by atoms with Crippen LogP contribution < -0.4 is 0 Å². The molecule has 3 aromatic carbocycles. The molecule has 0 fully saturated rings. The Hall–Kier alpha value is -0.703. The Balaban J connectivity index is 0.000000384. The van der Waals surface area contributed by atoms with Crippen molar-refractivity contribution in [2.45, 2.75) is 83.1 Å².